The summed E-state index contributed by atoms with van der Waals surface area (Å²) in [5, 5.41) is 3.56. The smallest absolute Gasteiger partial charge is 0.0532 e. The molecule has 0 aromatic heterocycles. The van der Waals surface area contributed by atoms with Crippen LogP contribution in [0.25, 0.3) is 6.08 Å². The van der Waals surface area contributed by atoms with Crippen molar-refractivity contribution in [2.45, 2.75) is 36.0 Å². The summed E-state index contributed by atoms with van der Waals surface area (Å²) in [5.74, 6) is 0. The Labute approximate surface area is 125 Å². The lowest BCUT2D eigenvalue weighted by Crippen LogP contribution is -2.12. The van der Waals surface area contributed by atoms with Gasteiger partial charge in [-0.25, -0.2) is 0 Å². The fourth-order valence-corrected chi connectivity index (χ4v) is 3.44. The molecule has 3 rings (SSSR count). The summed E-state index contributed by atoms with van der Waals surface area (Å²) in [6.07, 6.45) is 1.92. The molecule has 1 nitrogen and oxygen atoms in total. The van der Waals surface area contributed by atoms with Gasteiger partial charge in [0.15, 0.2) is 0 Å². The van der Waals surface area contributed by atoms with E-state index in [4.69, 9.17) is 0 Å². The highest BCUT2D eigenvalue weighted by atomic mass is 32.2. The van der Waals surface area contributed by atoms with Gasteiger partial charge in [-0.3, -0.25) is 0 Å². The predicted molar refractivity (Wildman–Crippen MR) is 89.1 cm³/mol. The van der Waals surface area contributed by atoms with Crippen LogP contribution in [0.2, 0.25) is 0 Å². The Morgan fingerprint density at radius 3 is 2.60 bits per heavy atom. The third-order valence-electron chi connectivity index (χ3n) is 3.59. The zero-order valence-corrected chi connectivity index (χ0v) is 13.0. The summed E-state index contributed by atoms with van der Waals surface area (Å²) < 4.78 is 0. The van der Waals surface area contributed by atoms with Gasteiger partial charge in [-0.15, -0.1) is 0 Å². The average Bonchev–Trinajstić information content (AvgIpc) is 2.42. The first-order valence-electron chi connectivity index (χ1n) is 6.84. The molecule has 0 unspecified atom stereocenters. The van der Waals surface area contributed by atoms with Crippen LogP contribution in [0.4, 0.5) is 11.4 Å². The minimum Gasteiger partial charge on any atom is -0.354 e. The first-order chi connectivity index (χ1) is 9.49. The predicted octanol–water partition coefficient (Wildman–Crippen LogP) is 5.84. The summed E-state index contributed by atoms with van der Waals surface area (Å²) in [5.41, 5.74) is 5.09. The van der Waals surface area contributed by atoms with Gasteiger partial charge in [0, 0.05) is 9.79 Å². The Hall–Kier alpha value is -1.67. The van der Waals surface area contributed by atoms with E-state index in [2.05, 4.69) is 69.1 Å². The Balaban J connectivity index is 2.06. The maximum atomic E-state index is 3.90. The van der Waals surface area contributed by atoms with Gasteiger partial charge in [0.05, 0.1) is 11.4 Å². The van der Waals surface area contributed by atoms with Gasteiger partial charge < -0.3 is 5.32 Å². The molecule has 1 heterocycles. The van der Waals surface area contributed by atoms with Gasteiger partial charge in [-0.2, -0.15) is 0 Å². The van der Waals surface area contributed by atoms with E-state index < -0.39 is 0 Å². The van der Waals surface area contributed by atoms with E-state index >= 15 is 0 Å². The number of fused-ring (bicyclic) bond motifs is 2. The monoisotopic (exact) mass is 281 g/mol. The molecule has 0 fully saturated rings. The van der Waals surface area contributed by atoms with E-state index in [1.807, 2.05) is 17.8 Å². The summed E-state index contributed by atoms with van der Waals surface area (Å²) >= 11 is 1.82. The van der Waals surface area contributed by atoms with Crippen molar-refractivity contribution in [3.63, 3.8) is 0 Å². The van der Waals surface area contributed by atoms with Gasteiger partial charge in [0.1, 0.15) is 0 Å². The molecular weight excluding hydrogens is 262 g/mol. The molecule has 0 atom stereocenters. The summed E-state index contributed by atoms with van der Waals surface area (Å²) in [7, 11) is 0. The number of hydrogen-bond acceptors (Lipinski definition) is 2. The lowest BCUT2D eigenvalue weighted by Gasteiger charge is -2.26. The Morgan fingerprint density at radius 2 is 1.90 bits per heavy atom. The molecule has 0 amide bonds. The first kappa shape index (κ1) is 13.3. The van der Waals surface area contributed by atoms with Crippen molar-refractivity contribution < 1.29 is 0 Å². The van der Waals surface area contributed by atoms with Gasteiger partial charge in [-0.1, -0.05) is 63.4 Å². The molecule has 102 valence electrons. The zero-order valence-electron chi connectivity index (χ0n) is 12.2. The molecule has 0 bridgehead atoms. The minimum absolute atomic E-state index is 0.171. The fraction of sp³-hybridized carbons (Fsp3) is 0.222. The van der Waals surface area contributed by atoms with Crippen molar-refractivity contribution >= 4 is 29.2 Å². The number of hydrogen-bond donors (Lipinski definition) is 1. The van der Waals surface area contributed by atoms with E-state index in [1.165, 1.54) is 32.3 Å². The van der Waals surface area contributed by atoms with E-state index in [-0.39, 0.29) is 5.41 Å². The lowest BCUT2D eigenvalue weighted by atomic mass is 9.87. The van der Waals surface area contributed by atoms with Crippen LogP contribution in [-0.2, 0) is 5.41 Å². The molecule has 0 radical (unpaired) electrons. The molecule has 0 saturated carbocycles. The second-order valence-corrected chi connectivity index (χ2v) is 7.17. The van der Waals surface area contributed by atoms with Crippen molar-refractivity contribution in [1.82, 2.24) is 0 Å². The second kappa shape index (κ2) is 4.71. The number of benzene rings is 2. The van der Waals surface area contributed by atoms with E-state index in [0.717, 1.165) is 0 Å². The van der Waals surface area contributed by atoms with Crippen molar-refractivity contribution in [2.75, 3.05) is 5.32 Å². The number of rotatable bonds is 1. The maximum absolute atomic E-state index is 3.90. The van der Waals surface area contributed by atoms with E-state index in [9.17, 15) is 0 Å². The molecule has 2 aromatic carbocycles. The van der Waals surface area contributed by atoms with Gasteiger partial charge >= 0.3 is 0 Å². The second-order valence-electron chi connectivity index (χ2n) is 6.12. The molecular formula is C18H19NS. The highest BCUT2D eigenvalue weighted by Gasteiger charge is 2.20. The first-order valence-corrected chi connectivity index (χ1v) is 7.65. The topological polar surface area (TPSA) is 12.0 Å². The summed E-state index contributed by atoms with van der Waals surface area (Å²) in [6.45, 7) is 10.6. The molecule has 1 N–H and O–H groups in total. The highest BCUT2D eigenvalue weighted by molar-refractivity contribution is 7.99. The minimum atomic E-state index is 0.171. The Kier molecular flexibility index (Phi) is 3.14. The van der Waals surface area contributed by atoms with E-state index in [1.54, 1.807) is 0 Å². The summed E-state index contributed by atoms with van der Waals surface area (Å²) in [4.78, 5) is 2.54. The van der Waals surface area contributed by atoms with Crippen LogP contribution >= 0.6 is 11.8 Å². The third kappa shape index (κ3) is 2.25. The molecule has 0 saturated heterocycles. The van der Waals surface area contributed by atoms with Crippen LogP contribution in [0.3, 0.4) is 0 Å². The van der Waals surface area contributed by atoms with Crippen molar-refractivity contribution in [3.8, 4) is 0 Å². The Morgan fingerprint density at radius 1 is 1.10 bits per heavy atom. The van der Waals surface area contributed by atoms with Gasteiger partial charge in [0.25, 0.3) is 0 Å². The van der Waals surface area contributed by atoms with Crippen molar-refractivity contribution in [1.29, 1.82) is 0 Å². The molecule has 1 aliphatic rings. The van der Waals surface area contributed by atoms with Crippen LogP contribution in [0, 0.1) is 0 Å². The zero-order chi connectivity index (χ0) is 14.3. The standard InChI is InChI=1S/C18H19NS/c1-5-12-7-6-8-14-17(12)20-16-10-9-13(18(2,3)4)11-15(16)19-14/h5-11,19H,1H2,2-4H3. The molecule has 0 spiro atoms. The average molecular weight is 281 g/mol. The largest absolute Gasteiger partial charge is 0.354 e. The van der Waals surface area contributed by atoms with Crippen LogP contribution < -0.4 is 5.32 Å². The van der Waals surface area contributed by atoms with Crippen LogP contribution in [0.15, 0.2) is 52.8 Å². The van der Waals surface area contributed by atoms with Gasteiger partial charge in [0.2, 0.25) is 0 Å². The highest BCUT2D eigenvalue weighted by Crippen LogP contribution is 2.46. The molecule has 1 aliphatic heterocycles. The van der Waals surface area contributed by atoms with E-state index in [0.29, 0.717) is 0 Å². The SMILES string of the molecule is C=Cc1cccc2c1Sc1ccc(C(C)(C)C)cc1N2. The fourth-order valence-electron chi connectivity index (χ4n) is 2.37. The quantitative estimate of drug-likeness (QED) is 0.601. The Bertz CT molecular complexity index is 680. The van der Waals surface area contributed by atoms with Crippen molar-refractivity contribution in [3.05, 3.63) is 54.1 Å². The van der Waals surface area contributed by atoms with Crippen molar-refractivity contribution in [2.24, 2.45) is 0 Å². The lowest BCUT2D eigenvalue weighted by molar-refractivity contribution is 0.590. The number of anilines is 2. The normalized spacial score (nSPS) is 13.2. The molecule has 2 aromatic rings. The number of nitrogens with one attached hydrogen (secondary N) is 1. The molecule has 2 heteroatoms. The van der Waals surface area contributed by atoms with Crippen LogP contribution in [0.1, 0.15) is 31.9 Å². The summed E-state index contributed by atoms with van der Waals surface area (Å²) in [6, 6.07) is 13.0. The van der Waals surface area contributed by atoms with Crippen LogP contribution in [0.5, 0.6) is 0 Å². The maximum Gasteiger partial charge on any atom is 0.0532 e. The molecule has 0 aliphatic carbocycles. The van der Waals surface area contributed by atoms with Gasteiger partial charge in [-0.05, 0) is 34.7 Å². The third-order valence-corrected chi connectivity index (χ3v) is 4.83. The van der Waals surface area contributed by atoms with Crippen LogP contribution in [-0.4, -0.2) is 0 Å². The molecule has 20 heavy (non-hydrogen) atoms.